The second kappa shape index (κ2) is 8.37. The van der Waals surface area contributed by atoms with Crippen molar-refractivity contribution in [2.45, 2.75) is 40.0 Å². The Hall–Kier alpha value is -2.63. The Bertz CT molecular complexity index is 802. The summed E-state index contributed by atoms with van der Waals surface area (Å²) in [5.41, 5.74) is 3.66. The molecule has 1 fully saturated rings. The van der Waals surface area contributed by atoms with Crippen LogP contribution in [0.3, 0.4) is 0 Å². The number of carbonyl (C=O) groups excluding carboxylic acids is 2. The van der Waals surface area contributed by atoms with Gasteiger partial charge in [-0.3, -0.25) is 9.59 Å². The van der Waals surface area contributed by atoms with Gasteiger partial charge in [-0.1, -0.05) is 6.92 Å². The van der Waals surface area contributed by atoms with Crippen LogP contribution in [0.2, 0.25) is 0 Å². The van der Waals surface area contributed by atoms with Gasteiger partial charge in [0.15, 0.2) is 0 Å². The van der Waals surface area contributed by atoms with E-state index in [-0.39, 0.29) is 17.7 Å². The molecule has 1 aliphatic heterocycles. The number of carbonyl (C=O) groups is 2. The van der Waals surface area contributed by atoms with Crippen LogP contribution in [0.25, 0.3) is 5.69 Å². The third-order valence-electron chi connectivity index (χ3n) is 5.07. The van der Waals surface area contributed by atoms with Gasteiger partial charge in [0, 0.05) is 36.8 Å². The Balaban J connectivity index is 1.60. The number of likely N-dealkylation sites (tertiary alicyclic amines) is 1. The van der Waals surface area contributed by atoms with Crippen LogP contribution < -0.4 is 5.32 Å². The summed E-state index contributed by atoms with van der Waals surface area (Å²) in [4.78, 5) is 26.7. The van der Waals surface area contributed by atoms with Crippen molar-refractivity contribution in [2.24, 2.45) is 5.92 Å². The summed E-state index contributed by atoms with van der Waals surface area (Å²) in [6.45, 7) is 8.00. The molecule has 1 aromatic heterocycles. The van der Waals surface area contributed by atoms with Crippen molar-refractivity contribution >= 4 is 11.8 Å². The number of rotatable bonds is 5. The average molecular weight is 368 g/mol. The van der Waals surface area contributed by atoms with Crippen LogP contribution in [-0.4, -0.2) is 46.1 Å². The molecule has 2 amide bonds. The topological polar surface area (TPSA) is 67.2 Å². The average Bonchev–Trinajstić information content (AvgIpc) is 3.04. The molecule has 1 aliphatic rings. The van der Waals surface area contributed by atoms with Crippen molar-refractivity contribution < 1.29 is 9.59 Å². The Labute approximate surface area is 160 Å². The SMILES string of the molecule is CCCNC(=O)C1CCN(C(=O)c2ccc(-n3nc(C)cc3C)cc2)CC1. The molecular weight excluding hydrogens is 340 g/mol. The van der Waals surface area contributed by atoms with Gasteiger partial charge in [0.1, 0.15) is 0 Å². The predicted molar refractivity (Wildman–Crippen MR) is 105 cm³/mol. The van der Waals surface area contributed by atoms with Crippen molar-refractivity contribution in [1.82, 2.24) is 20.0 Å². The van der Waals surface area contributed by atoms with Crippen LogP contribution in [0.1, 0.15) is 47.9 Å². The number of hydrogen-bond donors (Lipinski definition) is 1. The van der Waals surface area contributed by atoms with E-state index in [0.29, 0.717) is 18.7 Å². The lowest BCUT2D eigenvalue weighted by Crippen LogP contribution is -2.43. The first kappa shape index (κ1) is 19.1. The van der Waals surface area contributed by atoms with Crippen LogP contribution >= 0.6 is 0 Å². The molecule has 0 bridgehead atoms. The Morgan fingerprint density at radius 1 is 1.15 bits per heavy atom. The number of nitrogens with one attached hydrogen (secondary N) is 1. The van der Waals surface area contributed by atoms with Gasteiger partial charge in [-0.2, -0.15) is 5.10 Å². The molecule has 0 radical (unpaired) electrons. The van der Waals surface area contributed by atoms with Gasteiger partial charge in [0.2, 0.25) is 5.91 Å². The Kier molecular flexibility index (Phi) is 5.94. The zero-order valence-electron chi connectivity index (χ0n) is 16.4. The zero-order chi connectivity index (χ0) is 19.4. The highest BCUT2D eigenvalue weighted by atomic mass is 16.2. The molecule has 0 saturated carbocycles. The number of piperidine rings is 1. The van der Waals surface area contributed by atoms with Crippen LogP contribution in [-0.2, 0) is 4.79 Å². The third-order valence-corrected chi connectivity index (χ3v) is 5.07. The Morgan fingerprint density at radius 2 is 1.81 bits per heavy atom. The fourth-order valence-electron chi connectivity index (χ4n) is 3.56. The molecule has 27 heavy (non-hydrogen) atoms. The molecule has 6 nitrogen and oxygen atoms in total. The molecule has 0 spiro atoms. The third kappa shape index (κ3) is 4.38. The number of nitrogens with zero attached hydrogens (tertiary/aromatic N) is 3. The monoisotopic (exact) mass is 368 g/mol. The first-order valence-electron chi connectivity index (χ1n) is 9.70. The molecule has 0 atom stereocenters. The van der Waals surface area contributed by atoms with E-state index in [0.717, 1.165) is 42.9 Å². The first-order valence-corrected chi connectivity index (χ1v) is 9.70. The number of hydrogen-bond acceptors (Lipinski definition) is 3. The zero-order valence-corrected chi connectivity index (χ0v) is 16.4. The molecule has 6 heteroatoms. The van der Waals surface area contributed by atoms with Gasteiger partial charge in [-0.05, 0) is 63.4 Å². The van der Waals surface area contributed by atoms with Crippen LogP contribution in [0, 0.1) is 19.8 Å². The molecule has 144 valence electrons. The van der Waals surface area contributed by atoms with Crippen molar-refractivity contribution in [1.29, 1.82) is 0 Å². The van der Waals surface area contributed by atoms with E-state index >= 15 is 0 Å². The number of aromatic nitrogens is 2. The van der Waals surface area contributed by atoms with E-state index < -0.39 is 0 Å². The molecular formula is C21H28N4O2. The summed E-state index contributed by atoms with van der Waals surface area (Å²) in [6.07, 6.45) is 2.40. The van der Waals surface area contributed by atoms with Crippen molar-refractivity contribution in [3.05, 3.63) is 47.3 Å². The quantitative estimate of drug-likeness (QED) is 0.882. The molecule has 2 aromatic rings. The van der Waals surface area contributed by atoms with Crippen LogP contribution in [0.15, 0.2) is 30.3 Å². The highest BCUT2D eigenvalue weighted by molar-refractivity contribution is 5.94. The predicted octanol–water partition coefficient (Wildman–Crippen LogP) is 2.87. The van der Waals surface area contributed by atoms with Crippen molar-refractivity contribution in [3.8, 4) is 5.69 Å². The second-order valence-electron chi connectivity index (χ2n) is 7.24. The van der Waals surface area contributed by atoms with E-state index in [9.17, 15) is 9.59 Å². The number of amides is 2. The summed E-state index contributed by atoms with van der Waals surface area (Å²) in [5.74, 6) is 0.175. The van der Waals surface area contributed by atoms with Gasteiger partial charge >= 0.3 is 0 Å². The fourth-order valence-corrected chi connectivity index (χ4v) is 3.56. The van der Waals surface area contributed by atoms with Gasteiger partial charge < -0.3 is 10.2 Å². The van der Waals surface area contributed by atoms with E-state index in [4.69, 9.17) is 0 Å². The number of aryl methyl sites for hydroxylation is 2. The molecule has 2 heterocycles. The minimum Gasteiger partial charge on any atom is -0.356 e. The fraction of sp³-hybridized carbons (Fsp3) is 0.476. The van der Waals surface area contributed by atoms with Gasteiger partial charge in [-0.25, -0.2) is 4.68 Å². The maximum absolute atomic E-state index is 12.8. The van der Waals surface area contributed by atoms with Crippen LogP contribution in [0.4, 0.5) is 0 Å². The van der Waals surface area contributed by atoms with Gasteiger partial charge in [0.25, 0.3) is 5.91 Å². The Morgan fingerprint density at radius 3 is 2.37 bits per heavy atom. The molecule has 1 N–H and O–H groups in total. The summed E-state index contributed by atoms with van der Waals surface area (Å²) in [5, 5.41) is 7.43. The summed E-state index contributed by atoms with van der Waals surface area (Å²) in [7, 11) is 0. The summed E-state index contributed by atoms with van der Waals surface area (Å²) < 4.78 is 1.88. The molecule has 3 rings (SSSR count). The normalized spacial score (nSPS) is 15.0. The lowest BCUT2D eigenvalue weighted by atomic mass is 9.95. The molecule has 1 saturated heterocycles. The minimum atomic E-state index is 0.0222. The van der Waals surface area contributed by atoms with Crippen molar-refractivity contribution in [2.75, 3.05) is 19.6 Å². The van der Waals surface area contributed by atoms with Gasteiger partial charge in [-0.15, -0.1) is 0 Å². The maximum Gasteiger partial charge on any atom is 0.253 e. The largest absolute Gasteiger partial charge is 0.356 e. The van der Waals surface area contributed by atoms with Crippen molar-refractivity contribution in [3.63, 3.8) is 0 Å². The first-order chi connectivity index (χ1) is 13.0. The maximum atomic E-state index is 12.8. The molecule has 1 aromatic carbocycles. The van der Waals surface area contributed by atoms with Crippen LogP contribution in [0.5, 0.6) is 0 Å². The van der Waals surface area contributed by atoms with Gasteiger partial charge in [0.05, 0.1) is 11.4 Å². The summed E-state index contributed by atoms with van der Waals surface area (Å²) in [6, 6.07) is 9.59. The standard InChI is InChI=1S/C21H28N4O2/c1-4-11-22-20(26)17-9-12-24(13-10-17)21(27)18-5-7-19(8-6-18)25-16(3)14-15(2)23-25/h5-8,14,17H,4,9-13H2,1-3H3,(H,22,26). The molecule has 0 unspecified atom stereocenters. The minimum absolute atomic E-state index is 0.0222. The lowest BCUT2D eigenvalue weighted by Gasteiger charge is -2.31. The van der Waals surface area contributed by atoms with E-state index in [1.54, 1.807) is 0 Å². The summed E-state index contributed by atoms with van der Waals surface area (Å²) >= 11 is 0. The molecule has 0 aliphatic carbocycles. The highest BCUT2D eigenvalue weighted by Gasteiger charge is 2.27. The highest BCUT2D eigenvalue weighted by Crippen LogP contribution is 2.20. The lowest BCUT2D eigenvalue weighted by molar-refractivity contribution is -0.126. The smallest absolute Gasteiger partial charge is 0.253 e. The number of benzene rings is 1. The van der Waals surface area contributed by atoms with E-state index in [1.165, 1.54) is 0 Å². The van der Waals surface area contributed by atoms with E-state index in [2.05, 4.69) is 10.4 Å². The van der Waals surface area contributed by atoms with E-state index in [1.807, 2.05) is 60.7 Å². The second-order valence-corrected chi connectivity index (χ2v) is 7.24.